The molecule has 1 aliphatic heterocycles. The van der Waals surface area contributed by atoms with Gasteiger partial charge in [0.2, 0.25) is 0 Å². The molecule has 1 fully saturated rings. The van der Waals surface area contributed by atoms with Crippen LogP contribution in [0.1, 0.15) is 28.5 Å². The van der Waals surface area contributed by atoms with E-state index in [0.29, 0.717) is 30.3 Å². The summed E-state index contributed by atoms with van der Waals surface area (Å²) in [6.07, 6.45) is 0. The SMILES string of the molecule is CCOC(=O)c1c(C)n(-c2ccc(Cl)cc2)c2ccc(O)c(CN3CCOCC3)c12. The fourth-order valence-corrected chi connectivity index (χ4v) is 4.21. The van der Waals surface area contributed by atoms with E-state index in [1.807, 2.05) is 41.8 Å². The van der Waals surface area contributed by atoms with Gasteiger partial charge in [0.1, 0.15) is 5.75 Å². The molecule has 1 saturated heterocycles. The largest absolute Gasteiger partial charge is 0.508 e. The van der Waals surface area contributed by atoms with E-state index >= 15 is 0 Å². The summed E-state index contributed by atoms with van der Waals surface area (Å²) in [6, 6.07) is 11.0. The first-order valence-corrected chi connectivity index (χ1v) is 10.5. The predicted octanol–water partition coefficient (Wildman–Crippen LogP) is 4.31. The fourth-order valence-electron chi connectivity index (χ4n) is 4.08. The van der Waals surface area contributed by atoms with Crippen LogP contribution in [0.5, 0.6) is 5.75 Å². The maximum atomic E-state index is 13.0. The third-order valence-corrected chi connectivity index (χ3v) is 5.76. The highest BCUT2D eigenvalue weighted by Gasteiger charge is 2.26. The van der Waals surface area contributed by atoms with E-state index in [4.69, 9.17) is 21.1 Å². The van der Waals surface area contributed by atoms with Crippen molar-refractivity contribution in [1.82, 2.24) is 9.47 Å². The summed E-state index contributed by atoms with van der Waals surface area (Å²) < 4.78 is 12.8. The summed E-state index contributed by atoms with van der Waals surface area (Å²) in [4.78, 5) is 15.2. The number of ether oxygens (including phenoxy) is 2. The molecule has 0 atom stereocenters. The molecule has 0 bridgehead atoms. The number of fused-ring (bicyclic) bond motifs is 1. The van der Waals surface area contributed by atoms with Crippen LogP contribution in [0.15, 0.2) is 36.4 Å². The van der Waals surface area contributed by atoms with E-state index in [1.54, 1.807) is 13.0 Å². The summed E-state index contributed by atoms with van der Waals surface area (Å²) in [5.74, 6) is -0.214. The van der Waals surface area contributed by atoms with E-state index in [-0.39, 0.29) is 18.3 Å². The second-order valence-corrected chi connectivity index (χ2v) is 7.78. The molecule has 2 aromatic carbocycles. The summed E-state index contributed by atoms with van der Waals surface area (Å²) in [5.41, 5.74) is 3.72. The molecule has 1 aromatic heterocycles. The number of phenolic OH excluding ortho intramolecular Hbond substituents is 1. The van der Waals surface area contributed by atoms with Gasteiger partial charge in [0, 0.05) is 47.0 Å². The molecule has 4 rings (SSSR count). The van der Waals surface area contributed by atoms with E-state index < -0.39 is 0 Å². The van der Waals surface area contributed by atoms with Gasteiger partial charge in [0.05, 0.1) is 30.9 Å². The molecule has 1 aliphatic rings. The lowest BCUT2D eigenvalue weighted by atomic mass is 10.0. The minimum Gasteiger partial charge on any atom is -0.508 e. The molecular weight excluding hydrogens is 404 g/mol. The molecule has 0 saturated carbocycles. The smallest absolute Gasteiger partial charge is 0.340 e. The van der Waals surface area contributed by atoms with Crippen molar-refractivity contribution in [2.24, 2.45) is 0 Å². The zero-order valence-corrected chi connectivity index (χ0v) is 17.9. The highest BCUT2D eigenvalue weighted by molar-refractivity contribution is 6.30. The highest BCUT2D eigenvalue weighted by Crippen LogP contribution is 2.37. The highest BCUT2D eigenvalue weighted by atomic mass is 35.5. The number of aromatic nitrogens is 1. The number of phenols is 1. The Morgan fingerprint density at radius 2 is 1.87 bits per heavy atom. The maximum Gasteiger partial charge on any atom is 0.340 e. The van der Waals surface area contributed by atoms with Crippen LogP contribution < -0.4 is 0 Å². The van der Waals surface area contributed by atoms with E-state index in [2.05, 4.69) is 4.90 Å². The topological polar surface area (TPSA) is 63.9 Å². The Kier molecular flexibility index (Phi) is 5.99. The first kappa shape index (κ1) is 20.7. The molecule has 6 nitrogen and oxygen atoms in total. The van der Waals surface area contributed by atoms with Gasteiger partial charge >= 0.3 is 5.97 Å². The minimum atomic E-state index is -0.387. The van der Waals surface area contributed by atoms with Crippen LogP contribution in [0.25, 0.3) is 16.6 Å². The molecule has 0 spiro atoms. The molecule has 3 aromatic rings. The normalized spacial score (nSPS) is 14.9. The van der Waals surface area contributed by atoms with Crippen LogP contribution in [-0.4, -0.2) is 53.5 Å². The zero-order chi connectivity index (χ0) is 21.3. The third-order valence-electron chi connectivity index (χ3n) is 5.50. The number of aromatic hydroxyl groups is 1. The molecule has 1 N–H and O–H groups in total. The Hall–Kier alpha value is -2.54. The number of morpholine rings is 1. The van der Waals surface area contributed by atoms with Crippen molar-refractivity contribution in [2.75, 3.05) is 32.9 Å². The van der Waals surface area contributed by atoms with Crippen LogP contribution in [0.3, 0.4) is 0 Å². The van der Waals surface area contributed by atoms with Gasteiger partial charge in [-0.15, -0.1) is 0 Å². The van der Waals surface area contributed by atoms with Crippen LogP contribution >= 0.6 is 11.6 Å². The predicted molar refractivity (Wildman–Crippen MR) is 117 cm³/mol. The van der Waals surface area contributed by atoms with Crippen LogP contribution in [0, 0.1) is 6.92 Å². The summed E-state index contributed by atoms with van der Waals surface area (Å²) in [5, 5.41) is 12.1. The van der Waals surface area contributed by atoms with Crippen molar-refractivity contribution in [2.45, 2.75) is 20.4 Å². The summed E-state index contributed by atoms with van der Waals surface area (Å²) in [7, 11) is 0. The number of carbonyl (C=O) groups is 1. The van der Waals surface area contributed by atoms with Crippen LogP contribution in [0.4, 0.5) is 0 Å². The van der Waals surface area contributed by atoms with E-state index in [9.17, 15) is 9.90 Å². The molecule has 158 valence electrons. The Morgan fingerprint density at radius 1 is 1.17 bits per heavy atom. The van der Waals surface area contributed by atoms with Crippen molar-refractivity contribution in [3.8, 4) is 11.4 Å². The molecule has 0 aliphatic carbocycles. The molecule has 7 heteroatoms. The van der Waals surface area contributed by atoms with Gasteiger partial charge in [-0.25, -0.2) is 4.79 Å². The monoisotopic (exact) mass is 428 g/mol. The number of benzene rings is 2. The number of hydrogen-bond donors (Lipinski definition) is 1. The van der Waals surface area contributed by atoms with Gasteiger partial charge in [0.15, 0.2) is 0 Å². The number of esters is 1. The van der Waals surface area contributed by atoms with Crippen LogP contribution in [-0.2, 0) is 16.0 Å². The van der Waals surface area contributed by atoms with Gasteiger partial charge in [-0.3, -0.25) is 4.90 Å². The van der Waals surface area contributed by atoms with Gasteiger partial charge in [-0.2, -0.15) is 0 Å². The molecule has 2 heterocycles. The van der Waals surface area contributed by atoms with Crippen molar-refractivity contribution in [3.63, 3.8) is 0 Å². The second-order valence-electron chi connectivity index (χ2n) is 7.34. The average Bonchev–Trinajstić information content (AvgIpc) is 3.04. The van der Waals surface area contributed by atoms with Gasteiger partial charge in [0.25, 0.3) is 0 Å². The third kappa shape index (κ3) is 3.78. The lowest BCUT2D eigenvalue weighted by molar-refractivity contribution is 0.0340. The van der Waals surface area contributed by atoms with Crippen molar-refractivity contribution < 1.29 is 19.4 Å². The lowest BCUT2D eigenvalue weighted by Gasteiger charge is -2.27. The zero-order valence-electron chi connectivity index (χ0n) is 17.2. The summed E-state index contributed by atoms with van der Waals surface area (Å²) in [6.45, 7) is 7.38. The molecule has 0 radical (unpaired) electrons. The van der Waals surface area contributed by atoms with E-state index in [1.165, 1.54) is 0 Å². The van der Waals surface area contributed by atoms with Gasteiger partial charge < -0.3 is 19.1 Å². The number of carbonyl (C=O) groups excluding carboxylic acids is 1. The Balaban J connectivity index is 1.95. The summed E-state index contributed by atoms with van der Waals surface area (Å²) >= 11 is 6.08. The first-order valence-electron chi connectivity index (χ1n) is 10.1. The first-order chi connectivity index (χ1) is 14.5. The number of hydrogen-bond acceptors (Lipinski definition) is 5. The number of rotatable bonds is 5. The van der Waals surface area contributed by atoms with Crippen LogP contribution in [0.2, 0.25) is 5.02 Å². The molecule has 30 heavy (non-hydrogen) atoms. The maximum absolute atomic E-state index is 13.0. The minimum absolute atomic E-state index is 0.174. The Labute approximate surface area is 180 Å². The average molecular weight is 429 g/mol. The molecular formula is C23H25ClN2O4. The van der Waals surface area contributed by atoms with Crippen molar-refractivity contribution in [3.05, 3.63) is 58.2 Å². The Bertz CT molecular complexity index is 1070. The number of nitrogens with zero attached hydrogens (tertiary/aromatic N) is 2. The second kappa shape index (κ2) is 8.68. The lowest BCUT2D eigenvalue weighted by Crippen LogP contribution is -2.35. The van der Waals surface area contributed by atoms with E-state index in [0.717, 1.165) is 40.9 Å². The molecule has 0 unspecified atom stereocenters. The molecule has 0 amide bonds. The number of halogens is 1. The van der Waals surface area contributed by atoms with Gasteiger partial charge in [-0.05, 0) is 50.2 Å². The van der Waals surface area contributed by atoms with Gasteiger partial charge in [-0.1, -0.05) is 11.6 Å². The Morgan fingerprint density at radius 3 is 2.53 bits per heavy atom. The fraction of sp³-hybridized carbons (Fsp3) is 0.348. The van der Waals surface area contributed by atoms with Crippen molar-refractivity contribution in [1.29, 1.82) is 0 Å². The quantitative estimate of drug-likeness (QED) is 0.613. The standard InChI is InChI=1S/C23H25ClN2O4/c1-3-30-23(28)21-15(2)26(17-6-4-16(24)5-7-17)19-8-9-20(27)18(22(19)21)14-25-10-12-29-13-11-25/h4-9,27H,3,10-14H2,1-2H3. The van der Waals surface area contributed by atoms with Crippen molar-refractivity contribution >= 4 is 28.5 Å².